The molecule has 2 N–H and O–H groups in total. The van der Waals surface area contributed by atoms with Crippen LogP contribution in [-0.4, -0.2) is 29.1 Å². The molecule has 0 bridgehead atoms. The fourth-order valence-electron chi connectivity index (χ4n) is 1.81. The van der Waals surface area contributed by atoms with Gasteiger partial charge in [0.2, 0.25) is 0 Å². The van der Waals surface area contributed by atoms with Gasteiger partial charge < -0.3 is 10.6 Å². The van der Waals surface area contributed by atoms with Crippen molar-refractivity contribution >= 4 is 5.82 Å². The number of nitrogens with zero attached hydrogens (tertiary/aromatic N) is 4. The van der Waals surface area contributed by atoms with Crippen molar-refractivity contribution in [1.29, 1.82) is 5.26 Å². The molecule has 0 radical (unpaired) electrons. The summed E-state index contributed by atoms with van der Waals surface area (Å²) in [6, 6.07) is 2.20. The van der Waals surface area contributed by atoms with Crippen LogP contribution in [0.5, 0.6) is 0 Å². The molecule has 2 unspecified atom stereocenters. The number of hydrogen-bond acceptors (Lipinski definition) is 5. The van der Waals surface area contributed by atoms with E-state index in [1.54, 1.807) is 6.20 Å². The Morgan fingerprint density at radius 3 is 2.80 bits per heavy atom. The van der Waals surface area contributed by atoms with E-state index in [2.05, 4.69) is 16.9 Å². The van der Waals surface area contributed by atoms with Crippen LogP contribution < -0.4 is 10.6 Å². The first-order valence-corrected chi connectivity index (χ1v) is 4.94. The molecule has 15 heavy (non-hydrogen) atoms. The van der Waals surface area contributed by atoms with Gasteiger partial charge in [-0.2, -0.15) is 5.26 Å². The lowest BCUT2D eigenvalue weighted by molar-refractivity contribution is 0.566. The summed E-state index contributed by atoms with van der Waals surface area (Å²) in [6.07, 6.45) is 3.13. The zero-order valence-corrected chi connectivity index (χ0v) is 8.59. The number of hydrogen-bond donors (Lipinski definition) is 1. The highest BCUT2D eigenvalue weighted by Gasteiger charge is 2.28. The third kappa shape index (κ3) is 1.76. The summed E-state index contributed by atoms with van der Waals surface area (Å²) >= 11 is 0. The minimum atomic E-state index is 0.151. The molecule has 1 saturated heterocycles. The molecular weight excluding hydrogens is 190 g/mol. The van der Waals surface area contributed by atoms with Gasteiger partial charge in [-0.3, -0.25) is 0 Å². The second-order valence-electron chi connectivity index (χ2n) is 3.89. The molecule has 2 heterocycles. The summed E-state index contributed by atoms with van der Waals surface area (Å²) in [5, 5.41) is 8.90. The van der Waals surface area contributed by atoms with Crippen LogP contribution in [0.15, 0.2) is 12.4 Å². The Kier molecular flexibility index (Phi) is 2.52. The highest BCUT2D eigenvalue weighted by molar-refractivity contribution is 5.50. The maximum atomic E-state index is 8.90. The van der Waals surface area contributed by atoms with E-state index in [9.17, 15) is 0 Å². The molecule has 1 fully saturated rings. The van der Waals surface area contributed by atoms with Crippen LogP contribution in [0.3, 0.4) is 0 Å². The first-order valence-electron chi connectivity index (χ1n) is 4.94. The quantitative estimate of drug-likeness (QED) is 0.702. The predicted molar refractivity (Wildman–Crippen MR) is 56.1 cm³/mol. The summed E-state index contributed by atoms with van der Waals surface area (Å²) in [6.45, 7) is 3.69. The zero-order valence-electron chi connectivity index (χ0n) is 8.59. The topological polar surface area (TPSA) is 78.8 Å². The van der Waals surface area contributed by atoms with E-state index >= 15 is 0 Å². The Balaban J connectivity index is 2.28. The van der Waals surface area contributed by atoms with Crippen molar-refractivity contribution in [2.45, 2.75) is 13.0 Å². The lowest BCUT2D eigenvalue weighted by Crippen LogP contribution is -2.29. The molecule has 1 aromatic rings. The summed E-state index contributed by atoms with van der Waals surface area (Å²) < 4.78 is 0. The minimum absolute atomic E-state index is 0.151. The van der Waals surface area contributed by atoms with Crippen molar-refractivity contribution in [3.05, 3.63) is 18.1 Å². The Morgan fingerprint density at radius 2 is 2.20 bits per heavy atom. The predicted octanol–water partition coefficient (Wildman–Crippen LogP) is 0.132. The van der Waals surface area contributed by atoms with Crippen LogP contribution in [0.25, 0.3) is 0 Å². The van der Waals surface area contributed by atoms with Crippen molar-refractivity contribution in [3.63, 3.8) is 0 Å². The Bertz CT molecular complexity index is 387. The molecular formula is C10H13N5. The van der Waals surface area contributed by atoms with Gasteiger partial charge in [-0.1, -0.05) is 6.92 Å². The van der Waals surface area contributed by atoms with E-state index in [1.165, 1.54) is 6.20 Å². The number of nitrogens with two attached hydrogens (primary N) is 1. The fourth-order valence-corrected chi connectivity index (χ4v) is 1.81. The second-order valence-corrected chi connectivity index (χ2v) is 3.89. The average molecular weight is 203 g/mol. The van der Waals surface area contributed by atoms with Gasteiger partial charge in [-0.15, -0.1) is 0 Å². The molecule has 2 atom stereocenters. The third-order valence-corrected chi connectivity index (χ3v) is 2.75. The van der Waals surface area contributed by atoms with Crippen LogP contribution in [-0.2, 0) is 0 Å². The largest absolute Gasteiger partial charge is 0.352 e. The van der Waals surface area contributed by atoms with E-state index in [4.69, 9.17) is 11.0 Å². The lowest BCUT2D eigenvalue weighted by atomic mass is 10.1. The smallest absolute Gasteiger partial charge is 0.183 e. The molecule has 2 rings (SSSR count). The van der Waals surface area contributed by atoms with Crippen molar-refractivity contribution < 1.29 is 0 Å². The van der Waals surface area contributed by atoms with Gasteiger partial charge in [0.05, 0.1) is 0 Å². The van der Waals surface area contributed by atoms with Gasteiger partial charge in [0.25, 0.3) is 0 Å². The molecule has 1 aliphatic rings. The zero-order chi connectivity index (χ0) is 10.8. The molecule has 1 aliphatic heterocycles. The number of anilines is 1. The van der Waals surface area contributed by atoms with Gasteiger partial charge in [0, 0.05) is 31.5 Å². The molecule has 0 spiro atoms. The van der Waals surface area contributed by atoms with Gasteiger partial charge in [-0.25, -0.2) is 9.97 Å². The Labute approximate surface area is 88.5 Å². The molecule has 5 heteroatoms. The Hall–Kier alpha value is -1.67. The maximum Gasteiger partial charge on any atom is 0.183 e. The van der Waals surface area contributed by atoms with Gasteiger partial charge >= 0.3 is 0 Å². The molecule has 1 aromatic heterocycles. The summed E-state index contributed by atoms with van der Waals surface area (Å²) in [4.78, 5) is 10.2. The number of nitriles is 1. The maximum absolute atomic E-state index is 8.90. The van der Waals surface area contributed by atoms with Crippen molar-refractivity contribution in [2.75, 3.05) is 18.0 Å². The standard InChI is InChI=1S/C10H13N5/c1-7-5-15(6-8(7)12)10-9(4-11)13-2-3-14-10/h2-3,7-8H,5-6,12H2,1H3. The van der Waals surface area contributed by atoms with Crippen molar-refractivity contribution in [2.24, 2.45) is 11.7 Å². The molecule has 0 saturated carbocycles. The summed E-state index contributed by atoms with van der Waals surface area (Å²) in [5.74, 6) is 1.08. The monoisotopic (exact) mass is 203 g/mol. The molecule has 0 aromatic carbocycles. The van der Waals surface area contributed by atoms with E-state index in [1.807, 2.05) is 11.0 Å². The van der Waals surface area contributed by atoms with Crippen LogP contribution in [0, 0.1) is 17.2 Å². The minimum Gasteiger partial charge on any atom is -0.352 e. The van der Waals surface area contributed by atoms with E-state index < -0.39 is 0 Å². The average Bonchev–Trinajstić information content (AvgIpc) is 2.59. The first kappa shape index (κ1) is 9.87. The van der Waals surface area contributed by atoms with Crippen LogP contribution in [0.4, 0.5) is 5.82 Å². The molecule has 0 aliphatic carbocycles. The van der Waals surface area contributed by atoms with Crippen molar-refractivity contribution in [1.82, 2.24) is 9.97 Å². The van der Waals surface area contributed by atoms with Crippen LogP contribution in [0.1, 0.15) is 12.6 Å². The normalized spacial score (nSPS) is 25.3. The summed E-state index contributed by atoms with van der Waals surface area (Å²) in [5.41, 5.74) is 6.30. The molecule has 0 amide bonds. The summed E-state index contributed by atoms with van der Waals surface area (Å²) in [7, 11) is 0. The van der Waals surface area contributed by atoms with E-state index in [0.29, 0.717) is 17.4 Å². The van der Waals surface area contributed by atoms with E-state index in [0.717, 1.165) is 13.1 Å². The highest BCUT2D eigenvalue weighted by Crippen LogP contribution is 2.22. The first-order chi connectivity index (χ1) is 7.22. The number of aromatic nitrogens is 2. The van der Waals surface area contributed by atoms with Gasteiger partial charge in [0.15, 0.2) is 11.5 Å². The Morgan fingerprint density at radius 1 is 1.47 bits per heavy atom. The van der Waals surface area contributed by atoms with E-state index in [-0.39, 0.29) is 6.04 Å². The van der Waals surface area contributed by atoms with Crippen LogP contribution >= 0.6 is 0 Å². The number of rotatable bonds is 1. The van der Waals surface area contributed by atoms with Gasteiger partial charge in [0.1, 0.15) is 6.07 Å². The van der Waals surface area contributed by atoms with Crippen LogP contribution in [0.2, 0.25) is 0 Å². The third-order valence-electron chi connectivity index (χ3n) is 2.75. The SMILES string of the molecule is CC1CN(c2nccnc2C#N)CC1N. The van der Waals surface area contributed by atoms with Crippen molar-refractivity contribution in [3.8, 4) is 6.07 Å². The highest BCUT2D eigenvalue weighted by atomic mass is 15.2. The fraction of sp³-hybridized carbons (Fsp3) is 0.500. The second kappa shape index (κ2) is 3.83. The van der Waals surface area contributed by atoms with Gasteiger partial charge in [-0.05, 0) is 5.92 Å². The molecule has 78 valence electrons. The lowest BCUT2D eigenvalue weighted by Gasteiger charge is -2.16. The molecule has 5 nitrogen and oxygen atoms in total.